The minimum absolute atomic E-state index is 0. The number of aryl methyl sites for hydroxylation is 1. The third-order valence-corrected chi connectivity index (χ3v) is 10.8. The molecule has 2 aromatic carbocycles. The molecule has 268 valence electrons. The summed E-state index contributed by atoms with van der Waals surface area (Å²) in [5.41, 5.74) is 4.08. The van der Waals surface area contributed by atoms with E-state index in [0.717, 1.165) is 48.1 Å². The van der Waals surface area contributed by atoms with Crippen LogP contribution in [0.1, 0.15) is 86.9 Å². The third-order valence-electron chi connectivity index (χ3n) is 8.65. The highest BCUT2D eigenvalue weighted by molar-refractivity contribution is 7.86. The molecular weight excluding hydrogens is 679 g/mol. The molecule has 3 heterocycles. The van der Waals surface area contributed by atoms with E-state index in [4.69, 9.17) is 9.84 Å². The van der Waals surface area contributed by atoms with Gasteiger partial charge in [0.05, 0.1) is 35.9 Å². The first-order valence-corrected chi connectivity index (χ1v) is 18.6. The Labute approximate surface area is 299 Å². The van der Waals surface area contributed by atoms with E-state index in [1.807, 2.05) is 36.1 Å². The largest absolute Gasteiger partial charge is 0.465 e. The number of amides is 2. The zero-order valence-electron chi connectivity index (χ0n) is 28.8. The summed E-state index contributed by atoms with van der Waals surface area (Å²) in [5.74, 6) is -1.09. The van der Waals surface area contributed by atoms with Gasteiger partial charge in [0.2, 0.25) is 0 Å². The van der Waals surface area contributed by atoms with Crippen molar-refractivity contribution < 1.29 is 33.9 Å². The molecule has 50 heavy (non-hydrogen) atoms. The number of benzene rings is 2. The summed E-state index contributed by atoms with van der Waals surface area (Å²) in [6, 6.07) is 15.7. The number of nitrogens with one attached hydrogen (secondary N) is 1. The Balaban J connectivity index is 0.00000562. The topological polar surface area (TPSA) is 166 Å². The number of fused-ring (bicyclic) bond motifs is 1. The number of ether oxygens (including phenoxy) is 1. The highest BCUT2D eigenvalue weighted by Crippen LogP contribution is 2.30. The van der Waals surface area contributed by atoms with Gasteiger partial charge in [-0.3, -0.25) is 9.59 Å². The molecule has 0 aliphatic carbocycles. The number of thiophene rings is 1. The lowest BCUT2D eigenvalue weighted by molar-refractivity contribution is 0.0543. The molecule has 0 spiro atoms. The first-order chi connectivity index (χ1) is 23.7. The van der Waals surface area contributed by atoms with E-state index < -0.39 is 23.0 Å². The highest BCUT2D eigenvalue weighted by Gasteiger charge is 2.32. The number of carbonyl (C=O) groups excluding carboxylic acids is 3. The molecule has 4 aromatic rings. The molecular formula is C36H45N5O7S2. The predicted molar refractivity (Wildman–Crippen MR) is 194 cm³/mol. The van der Waals surface area contributed by atoms with Crippen LogP contribution in [0.5, 0.6) is 0 Å². The maximum absolute atomic E-state index is 14.6. The first-order valence-electron chi connectivity index (χ1n) is 16.5. The van der Waals surface area contributed by atoms with E-state index in [1.54, 1.807) is 45.3 Å². The minimum atomic E-state index is -1.85. The Morgan fingerprint density at radius 1 is 1.06 bits per heavy atom. The van der Waals surface area contributed by atoms with E-state index in [1.165, 1.54) is 7.11 Å². The maximum atomic E-state index is 14.6. The number of hydrogen-bond donors (Lipinski definition) is 2. The van der Waals surface area contributed by atoms with Gasteiger partial charge in [0, 0.05) is 31.0 Å². The molecule has 2 aromatic heterocycles. The van der Waals surface area contributed by atoms with Crippen LogP contribution in [0, 0.1) is 6.92 Å². The van der Waals surface area contributed by atoms with E-state index >= 15 is 0 Å². The number of anilines is 1. The summed E-state index contributed by atoms with van der Waals surface area (Å²) in [5, 5.41) is 16.8. The van der Waals surface area contributed by atoms with Gasteiger partial charge in [0.1, 0.15) is 4.88 Å². The SMILES string of the molecule is CCCCN(CCCC)C(=O)c1cc(C)n(-c2ccc(NS(=O)c3ccsc3C(=O)OC)cc2C(=O)N2Cc3ccccc3C[C@H]2CO)n1.O. The molecule has 2 atom stereocenters. The van der Waals surface area contributed by atoms with Gasteiger partial charge in [0.25, 0.3) is 11.8 Å². The number of methoxy groups -OCH3 is 1. The lowest BCUT2D eigenvalue weighted by atomic mass is 9.93. The van der Waals surface area contributed by atoms with Crippen molar-refractivity contribution in [2.45, 2.75) is 70.4 Å². The Morgan fingerprint density at radius 2 is 1.76 bits per heavy atom. The number of rotatable bonds is 14. The lowest BCUT2D eigenvalue weighted by Gasteiger charge is -2.36. The second-order valence-corrected chi connectivity index (χ2v) is 14.1. The molecule has 4 N–H and O–H groups in total. The van der Waals surface area contributed by atoms with Crippen molar-refractivity contribution in [2.24, 2.45) is 0 Å². The molecule has 0 bridgehead atoms. The number of nitrogens with zero attached hydrogens (tertiary/aromatic N) is 4. The van der Waals surface area contributed by atoms with Crippen molar-refractivity contribution >= 4 is 45.8 Å². The number of aliphatic hydroxyl groups excluding tert-OH is 1. The normalized spacial score (nSPS) is 14.3. The molecule has 1 aliphatic rings. The molecule has 0 saturated heterocycles. The Hall–Kier alpha value is -4.37. The van der Waals surface area contributed by atoms with E-state index in [9.17, 15) is 23.7 Å². The van der Waals surface area contributed by atoms with Crippen LogP contribution >= 0.6 is 11.3 Å². The van der Waals surface area contributed by atoms with Crippen LogP contribution in [0.2, 0.25) is 0 Å². The Morgan fingerprint density at radius 3 is 2.42 bits per heavy atom. The summed E-state index contributed by atoms with van der Waals surface area (Å²) in [6.07, 6.45) is 4.20. The number of aromatic nitrogens is 2. The lowest BCUT2D eigenvalue weighted by Crippen LogP contribution is -2.46. The van der Waals surface area contributed by atoms with Crippen LogP contribution in [0.25, 0.3) is 5.69 Å². The summed E-state index contributed by atoms with van der Waals surface area (Å²) >= 11 is 1.13. The summed E-state index contributed by atoms with van der Waals surface area (Å²) in [7, 11) is -0.583. The number of esters is 1. The maximum Gasteiger partial charge on any atom is 0.349 e. The van der Waals surface area contributed by atoms with Gasteiger partial charge in [-0.25, -0.2) is 13.7 Å². The number of carbonyl (C=O) groups is 3. The fraction of sp³-hybridized carbons (Fsp3) is 0.389. The van der Waals surface area contributed by atoms with Crippen LogP contribution in [0.15, 0.2) is 64.9 Å². The minimum Gasteiger partial charge on any atom is -0.465 e. The smallest absolute Gasteiger partial charge is 0.349 e. The van der Waals surface area contributed by atoms with Gasteiger partial charge in [-0.2, -0.15) is 5.10 Å². The quantitative estimate of drug-likeness (QED) is 0.174. The van der Waals surface area contributed by atoms with Crippen molar-refractivity contribution in [3.05, 3.63) is 92.9 Å². The van der Waals surface area contributed by atoms with E-state index in [0.29, 0.717) is 48.8 Å². The van der Waals surface area contributed by atoms with Crippen molar-refractivity contribution in [3.8, 4) is 5.69 Å². The van der Waals surface area contributed by atoms with Crippen LogP contribution < -0.4 is 4.72 Å². The summed E-state index contributed by atoms with van der Waals surface area (Å²) in [6.45, 7) is 7.37. The standard InChI is InChI=1S/C36H43N5O6S2.H2O/c1-5-7-16-39(17-8-6-2)35(44)30-19-24(3)41(37-30)31-14-13-27(38-49(46)32-15-18-48-33(32)36(45)47-4)21-29(31)34(43)40-22-26-12-10-9-11-25(26)20-28(40)23-42;/h9-15,18-19,21,28,38,42H,5-8,16-17,20,22-23H2,1-4H3;1H2/t28-,49?;/m0./s1. The van der Waals surface area contributed by atoms with Crippen molar-refractivity contribution in [3.63, 3.8) is 0 Å². The average molecular weight is 724 g/mol. The van der Waals surface area contributed by atoms with Crippen molar-refractivity contribution in [2.75, 3.05) is 31.5 Å². The molecule has 5 rings (SSSR count). The van der Waals surface area contributed by atoms with E-state index in [-0.39, 0.29) is 39.2 Å². The van der Waals surface area contributed by atoms with Crippen LogP contribution in [0.3, 0.4) is 0 Å². The second kappa shape index (κ2) is 17.5. The molecule has 1 unspecified atom stereocenters. The average Bonchev–Trinajstić information content (AvgIpc) is 3.77. The molecule has 12 nitrogen and oxygen atoms in total. The molecule has 2 amide bonds. The zero-order valence-corrected chi connectivity index (χ0v) is 30.4. The van der Waals surface area contributed by atoms with Gasteiger partial charge in [-0.15, -0.1) is 11.3 Å². The molecule has 0 fully saturated rings. The Kier molecular flexibility index (Phi) is 13.5. The monoisotopic (exact) mass is 723 g/mol. The number of unbranched alkanes of at least 4 members (excludes halogenated alkanes) is 2. The van der Waals surface area contributed by atoms with Crippen LogP contribution in [-0.4, -0.2) is 85.0 Å². The highest BCUT2D eigenvalue weighted by atomic mass is 32.2. The van der Waals surface area contributed by atoms with Gasteiger partial charge in [-0.1, -0.05) is 51.0 Å². The molecule has 1 aliphatic heterocycles. The summed E-state index contributed by atoms with van der Waals surface area (Å²) < 4.78 is 22.8. The summed E-state index contributed by atoms with van der Waals surface area (Å²) in [4.78, 5) is 44.5. The van der Waals surface area contributed by atoms with Crippen LogP contribution in [0.4, 0.5) is 5.69 Å². The van der Waals surface area contributed by atoms with Gasteiger partial charge in [0.15, 0.2) is 16.7 Å². The zero-order chi connectivity index (χ0) is 35.1. The van der Waals surface area contributed by atoms with E-state index in [2.05, 4.69) is 18.6 Å². The van der Waals surface area contributed by atoms with Crippen LogP contribution in [-0.2, 0) is 28.7 Å². The van der Waals surface area contributed by atoms with Crippen molar-refractivity contribution in [1.29, 1.82) is 0 Å². The first kappa shape index (κ1) is 38.4. The predicted octanol–water partition coefficient (Wildman–Crippen LogP) is 4.94. The fourth-order valence-corrected chi connectivity index (χ4v) is 8.00. The molecule has 0 saturated carbocycles. The second-order valence-electron chi connectivity index (χ2n) is 12.0. The van der Waals surface area contributed by atoms with Gasteiger partial charge in [-0.05, 0) is 73.0 Å². The van der Waals surface area contributed by atoms with Gasteiger partial charge < -0.3 is 29.8 Å². The number of hydrogen-bond acceptors (Lipinski definition) is 8. The Bertz CT molecular complexity index is 1830. The molecule has 14 heteroatoms. The number of aliphatic hydroxyl groups is 1. The van der Waals surface area contributed by atoms with Gasteiger partial charge >= 0.3 is 5.97 Å². The fourth-order valence-electron chi connectivity index (χ4n) is 5.94. The third kappa shape index (κ3) is 8.32. The van der Waals surface area contributed by atoms with Crippen molar-refractivity contribution in [1.82, 2.24) is 19.6 Å². The molecule has 0 radical (unpaired) electrons.